The molecule has 1 atom stereocenters. The molecule has 0 heterocycles. The molecule has 5 heteroatoms. The van der Waals surface area contributed by atoms with Crippen LogP contribution in [-0.4, -0.2) is 44.4 Å². The van der Waals surface area contributed by atoms with Gasteiger partial charge in [-0.1, -0.05) is 45.0 Å². The van der Waals surface area contributed by atoms with Crippen LogP contribution in [0.3, 0.4) is 0 Å². The molecule has 0 saturated carbocycles. The molecule has 5 nitrogen and oxygen atoms in total. The van der Waals surface area contributed by atoms with Gasteiger partial charge in [-0.15, -0.1) is 0 Å². The van der Waals surface area contributed by atoms with E-state index in [9.17, 15) is 5.11 Å². The number of nitrogens with one attached hydrogen (secondary N) is 2. The van der Waals surface area contributed by atoms with Crippen LogP contribution in [0.15, 0.2) is 29.3 Å². The fraction of sp³-hybridized carbons (Fsp3) is 0.632. The van der Waals surface area contributed by atoms with Crippen LogP contribution in [0.1, 0.15) is 51.3 Å². The number of nitrogens with zero attached hydrogens (tertiary/aromatic N) is 1. The lowest BCUT2D eigenvalue weighted by molar-refractivity contribution is 0.187. The van der Waals surface area contributed by atoms with Crippen LogP contribution in [0.4, 0.5) is 0 Å². The second-order valence-electron chi connectivity index (χ2n) is 6.88. The summed E-state index contributed by atoms with van der Waals surface area (Å²) in [5.74, 6) is 0.721. The van der Waals surface area contributed by atoms with Crippen LogP contribution in [-0.2, 0) is 10.2 Å². The monoisotopic (exact) mass is 335 g/mol. The first-order chi connectivity index (χ1) is 11.4. The zero-order chi connectivity index (χ0) is 18.0. The zero-order valence-electron chi connectivity index (χ0n) is 15.7. The van der Waals surface area contributed by atoms with Gasteiger partial charge in [0.15, 0.2) is 5.96 Å². The second kappa shape index (κ2) is 10.3. The smallest absolute Gasteiger partial charge is 0.191 e. The van der Waals surface area contributed by atoms with Crippen molar-refractivity contribution in [2.75, 3.05) is 33.4 Å². The Kier molecular flexibility index (Phi) is 8.79. The molecule has 0 fully saturated rings. The summed E-state index contributed by atoms with van der Waals surface area (Å²) in [5.41, 5.74) is 2.27. The normalized spacial score (nSPS) is 13.7. The molecule has 0 spiro atoms. The summed E-state index contributed by atoms with van der Waals surface area (Å²) in [6, 6.07) is 8.13. The van der Waals surface area contributed by atoms with Crippen molar-refractivity contribution in [2.45, 2.75) is 45.6 Å². The highest BCUT2D eigenvalue weighted by Crippen LogP contribution is 2.24. The molecule has 0 saturated heterocycles. The summed E-state index contributed by atoms with van der Waals surface area (Å²) >= 11 is 0. The van der Waals surface area contributed by atoms with Crippen molar-refractivity contribution in [1.29, 1.82) is 0 Å². The van der Waals surface area contributed by atoms with Gasteiger partial charge in [-0.05, 0) is 29.9 Å². The standard InChI is InChI=1S/C19H33N3O2/c1-6-20-18(21-12-7-13-24-5)22-14-17(23)15-8-10-16(11-9-15)19(2,3)4/h8-11,17,23H,6-7,12-14H2,1-5H3,(H2,20,21,22). The minimum Gasteiger partial charge on any atom is -0.386 e. The van der Waals surface area contributed by atoms with Crippen molar-refractivity contribution in [3.05, 3.63) is 35.4 Å². The minimum absolute atomic E-state index is 0.117. The maximum absolute atomic E-state index is 10.4. The zero-order valence-corrected chi connectivity index (χ0v) is 15.7. The summed E-state index contributed by atoms with van der Waals surface area (Å²) < 4.78 is 5.03. The Morgan fingerprint density at radius 2 is 1.88 bits per heavy atom. The summed E-state index contributed by atoms with van der Waals surface area (Å²) in [6.07, 6.45) is 0.311. The topological polar surface area (TPSA) is 65.9 Å². The third-order valence-electron chi connectivity index (χ3n) is 3.75. The van der Waals surface area contributed by atoms with Crippen molar-refractivity contribution in [3.63, 3.8) is 0 Å². The van der Waals surface area contributed by atoms with Gasteiger partial charge in [0.25, 0.3) is 0 Å². The highest BCUT2D eigenvalue weighted by atomic mass is 16.5. The van der Waals surface area contributed by atoms with Crippen molar-refractivity contribution in [2.24, 2.45) is 4.99 Å². The number of methoxy groups -OCH3 is 1. The van der Waals surface area contributed by atoms with E-state index in [0.29, 0.717) is 6.54 Å². The molecule has 0 aliphatic heterocycles. The molecule has 0 aromatic heterocycles. The number of hydrogen-bond donors (Lipinski definition) is 3. The molecule has 0 aliphatic carbocycles. The third-order valence-corrected chi connectivity index (χ3v) is 3.75. The molecule has 1 aromatic carbocycles. The molecule has 136 valence electrons. The van der Waals surface area contributed by atoms with Crippen LogP contribution in [0.25, 0.3) is 0 Å². The first-order valence-electron chi connectivity index (χ1n) is 8.68. The van der Waals surface area contributed by atoms with Gasteiger partial charge < -0.3 is 20.5 Å². The molecule has 24 heavy (non-hydrogen) atoms. The van der Waals surface area contributed by atoms with E-state index in [1.54, 1.807) is 7.11 Å². The van der Waals surface area contributed by atoms with E-state index < -0.39 is 6.10 Å². The Bertz CT molecular complexity index is 492. The summed E-state index contributed by atoms with van der Waals surface area (Å²) in [7, 11) is 1.70. The van der Waals surface area contributed by atoms with Gasteiger partial charge >= 0.3 is 0 Å². The maximum atomic E-state index is 10.4. The molecular formula is C19H33N3O2. The molecule has 0 aliphatic rings. The molecular weight excluding hydrogens is 302 g/mol. The van der Waals surface area contributed by atoms with Crippen molar-refractivity contribution < 1.29 is 9.84 Å². The highest BCUT2D eigenvalue weighted by Gasteiger charge is 2.14. The third kappa shape index (κ3) is 7.32. The maximum Gasteiger partial charge on any atom is 0.191 e. The first-order valence-corrected chi connectivity index (χ1v) is 8.68. The van der Waals surface area contributed by atoms with Gasteiger partial charge in [-0.2, -0.15) is 0 Å². The van der Waals surface area contributed by atoms with Crippen LogP contribution >= 0.6 is 0 Å². The summed E-state index contributed by atoms with van der Waals surface area (Å²) in [4.78, 5) is 4.46. The minimum atomic E-state index is -0.603. The molecule has 0 amide bonds. The van der Waals surface area contributed by atoms with E-state index in [1.807, 2.05) is 19.1 Å². The van der Waals surface area contributed by atoms with E-state index >= 15 is 0 Å². The summed E-state index contributed by atoms with van der Waals surface area (Å²) in [5, 5.41) is 16.8. The number of aliphatic hydroxyl groups is 1. The average molecular weight is 335 g/mol. The largest absolute Gasteiger partial charge is 0.386 e. The van der Waals surface area contributed by atoms with Gasteiger partial charge in [0.2, 0.25) is 0 Å². The Morgan fingerprint density at radius 1 is 1.21 bits per heavy atom. The molecule has 1 unspecified atom stereocenters. The Balaban J connectivity index is 2.61. The number of guanidine groups is 1. The number of hydrogen-bond acceptors (Lipinski definition) is 3. The van der Waals surface area contributed by atoms with Gasteiger partial charge in [-0.25, -0.2) is 0 Å². The molecule has 1 rings (SSSR count). The lowest BCUT2D eigenvalue weighted by atomic mass is 9.86. The molecule has 3 N–H and O–H groups in total. The Morgan fingerprint density at radius 3 is 2.42 bits per heavy atom. The highest BCUT2D eigenvalue weighted by molar-refractivity contribution is 5.79. The predicted octanol–water partition coefficient (Wildman–Crippen LogP) is 2.61. The Labute approximate surface area is 146 Å². The first kappa shape index (κ1) is 20.5. The van der Waals surface area contributed by atoms with Gasteiger partial charge in [0.05, 0.1) is 12.6 Å². The van der Waals surface area contributed by atoms with E-state index in [0.717, 1.165) is 37.6 Å². The SMILES string of the molecule is CCNC(=NCC(O)c1ccc(C(C)(C)C)cc1)NCCCOC. The molecule has 1 aromatic rings. The Hall–Kier alpha value is -1.59. The van der Waals surface area contributed by atoms with Gasteiger partial charge in [-0.3, -0.25) is 4.99 Å². The molecule has 0 bridgehead atoms. The lowest BCUT2D eigenvalue weighted by Crippen LogP contribution is -2.38. The predicted molar refractivity (Wildman–Crippen MR) is 101 cm³/mol. The number of aliphatic hydroxyl groups excluding tert-OH is 1. The second-order valence-corrected chi connectivity index (χ2v) is 6.88. The summed E-state index contributed by atoms with van der Waals surface area (Å²) in [6.45, 7) is 11.2. The van der Waals surface area contributed by atoms with E-state index in [4.69, 9.17) is 4.74 Å². The van der Waals surface area contributed by atoms with Crippen molar-refractivity contribution in [3.8, 4) is 0 Å². The van der Waals surface area contributed by atoms with Crippen LogP contribution in [0.2, 0.25) is 0 Å². The van der Waals surface area contributed by atoms with E-state index in [1.165, 1.54) is 5.56 Å². The van der Waals surface area contributed by atoms with Gasteiger partial charge in [0, 0.05) is 26.8 Å². The molecule has 0 radical (unpaired) electrons. The van der Waals surface area contributed by atoms with Gasteiger partial charge in [0.1, 0.15) is 0 Å². The van der Waals surface area contributed by atoms with Crippen LogP contribution in [0, 0.1) is 0 Å². The number of ether oxygens (including phenoxy) is 1. The van der Waals surface area contributed by atoms with Crippen LogP contribution < -0.4 is 10.6 Å². The van der Waals surface area contributed by atoms with Crippen LogP contribution in [0.5, 0.6) is 0 Å². The number of benzene rings is 1. The average Bonchev–Trinajstić information content (AvgIpc) is 2.55. The number of aliphatic imine (C=N–C) groups is 1. The quantitative estimate of drug-likeness (QED) is 0.388. The van der Waals surface area contributed by atoms with Crippen molar-refractivity contribution in [1.82, 2.24) is 10.6 Å². The van der Waals surface area contributed by atoms with E-state index in [2.05, 4.69) is 48.5 Å². The fourth-order valence-corrected chi connectivity index (χ4v) is 2.25. The van der Waals surface area contributed by atoms with Crippen molar-refractivity contribution >= 4 is 5.96 Å². The fourth-order valence-electron chi connectivity index (χ4n) is 2.25. The number of rotatable bonds is 8. The van der Waals surface area contributed by atoms with E-state index in [-0.39, 0.29) is 5.41 Å². The lowest BCUT2D eigenvalue weighted by Gasteiger charge is -2.20.